The number of benzene rings is 1. The first-order chi connectivity index (χ1) is 13.0. The number of hydrogen-bond acceptors (Lipinski definition) is 2. The lowest BCUT2D eigenvalue weighted by atomic mass is 9.83. The van der Waals surface area contributed by atoms with E-state index in [1.165, 1.54) is 48.1 Å². The molecule has 0 spiro atoms. The third-order valence-corrected chi connectivity index (χ3v) is 6.12. The minimum absolute atomic E-state index is 0.102. The highest BCUT2D eigenvalue weighted by atomic mass is 16.2. The maximum Gasteiger partial charge on any atom is 0.324 e. The van der Waals surface area contributed by atoms with Gasteiger partial charge in [0.15, 0.2) is 6.04 Å². The van der Waals surface area contributed by atoms with Crippen molar-refractivity contribution in [3.63, 3.8) is 0 Å². The van der Waals surface area contributed by atoms with Crippen molar-refractivity contribution in [3.8, 4) is 0 Å². The van der Waals surface area contributed by atoms with Crippen LogP contribution in [0.3, 0.4) is 0 Å². The number of quaternary nitrogens is 1. The molecule has 2 aliphatic rings. The van der Waals surface area contributed by atoms with Gasteiger partial charge < -0.3 is 10.6 Å². The Bertz CT molecular complexity index is 650. The van der Waals surface area contributed by atoms with E-state index in [-0.39, 0.29) is 24.0 Å². The number of imide groups is 1. The number of rotatable bonds is 6. The Balaban J connectivity index is 1.67. The highest BCUT2D eigenvalue weighted by Crippen LogP contribution is 2.33. The molecule has 3 amide bonds. The van der Waals surface area contributed by atoms with Crippen molar-refractivity contribution in [1.29, 1.82) is 0 Å². The molecule has 0 bridgehead atoms. The average Bonchev–Trinajstić information content (AvgIpc) is 3.12. The number of hydrogen-bond donors (Lipinski definition) is 2. The maximum absolute atomic E-state index is 12.6. The van der Waals surface area contributed by atoms with Crippen LogP contribution in [-0.2, 0) is 4.79 Å². The molecule has 1 aliphatic carbocycles. The van der Waals surface area contributed by atoms with Crippen molar-refractivity contribution in [3.05, 3.63) is 35.4 Å². The number of nitrogens with one attached hydrogen (secondary N) is 1. The fourth-order valence-electron chi connectivity index (χ4n) is 4.47. The van der Waals surface area contributed by atoms with Crippen molar-refractivity contribution < 1.29 is 14.9 Å². The topological polar surface area (TPSA) is 66.0 Å². The molecule has 0 aromatic heterocycles. The molecule has 0 unspecified atom stereocenters. The summed E-state index contributed by atoms with van der Waals surface area (Å²) in [5.74, 6) is 1.01. The van der Waals surface area contributed by atoms with Crippen LogP contribution in [0.1, 0.15) is 76.0 Å². The maximum atomic E-state index is 12.6. The lowest BCUT2D eigenvalue weighted by molar-refractivity contribution is -0.719. The van der Waals surface area contributed by atoms with Crippen LogP contribution in [-0.4, -0.2) is 36.0 Å². The van der Waals surface area contributed by atoms with Gasteiger partial charge in [-0.05, 0) is 31.2 Å². The molecule has 1 saturated heterocycles. The lowest BCUT2D eigenvalue weighted by Gasteiger charge is -2.26. The Morgan fingerprint density at radius 2 is 1.78 bits per heavy atom. The molecule has 148 valence electrons. The summed E-state index contributed by atoms with van der Waals surface area (Å²) in [6.07, 6.45) is 6.68. The second-order valence-electron chi connectivity index (χ2n) is 8.47. The highest BCUT2D eigenvalue weighted by molar-refractivity contribution is 5.97. The molecule has 2 atom stereocenters. The quantitative estimate of drug-likeness (QED) is 0.806. The van der Waals surface area contributed by atoms with E-state index in [4.69, 9.17) is 0 Å². The zero-order valence-electron chi connectivity index (χ0n) is 16.9. The summed E-state index contributed by atoms with van der Waals surface area (Å²) >= 11 is 0. The van der Waals surface area contributed by atoms with Crippen LogP contribution in [0, 0.1) is 5.92 Å². The van der Waals surface area contributed by atoms with Gasteiger partial charge in [-0.25, -0.2) is 4.79 Å². The number of carbonyl (C=O) groups excluding carboxylic acids is 2. The van der Waals surface area contributed by atoms with E-state index in [0.717, 1.165) is 0 Å². The highest BCUT2D eigenvalue weighted by Gasteiger charge is 2.34. The number of amides is 3. The molecule has 1 heterocycles. The molecule has 5 nitrogen and oxygen atoms in total. The number of nitrogens with zero attached hydrogens (tertiary/aromatic N) is 1. The van der Waals surface area contributed by atoms with Crippen molar-refractivity contribution in [2.24, 2.45) is 5.92 Å². The minimum Gasteiger partial charge on any atom is -0.336 e. The summed E-state index contributed by atoms with van der Waals surface area (Å²) in [4.78, 5) is 25.8. The van der Waals surface area contributed by atoms with Gasteiger partial charge in [0.1, 0.15) is 6.04 Å². The van der Waals surface area contributed by atoms with Crippen molar-refractivity contribution in [2.75, 3.05) is 13.1 Å². The summed E-state index contributed by atoms with van der Waals surface area (Å²) < 4.78 is 0. The van der Waals surface area contributed by atoms with Crippen LogP contribution in [0.2, 0.25) is 0 Å². The predicted molar refractivity (Wildman–Crippen MR) is 106 cm³/mol. The zero-order valence-corrected chi connectivity index (χ0v) is 16.9. The first-order valence-corrected chi connectivity index (χ1v) is 10.5. The summed E-state index contributed by atoms with van der Waals surface area (Å²) in [6.45, 7) is 7.30. The number of urea groups is 1. The van der Waals surface area contributed by atoms with E-state index in [2.05, 4.69) is 48.7 Å². The molecule has 3 rings (SSSR count). The van der Waals surface area contributed by atoms with E-state index in [1.54, 1.807) is 0 Å². The molecule has 1 saturated carbocycles. The van der Waals surface area contributed by atoms with Gasteiger partial charge in [0.05, 0.1) is 0 Å². The van der Waals surface area contributed by atoms with Crippen molar-refractivity contribution >= 4 is 11.9 Å². The molecule has 27 heavy (non-hydrogen) atoms. The second-order valence-corrected chi connectivity index (χ2v) is 8.47. The van der Waals surface area contributed by atoms with Gasteiger partial charge in [-0.2, -0.15) is 0 Å². The second kappa shape index (κ2) is 8.87. The number of nitrogens with two attached hydrogens (primary N) is 1. The van der Waals surface area contributed by atoms with E-state index in [0.29, 0.717) is 24.9 Å². The molecule has 1 aliphatic heterocycles. The van der Waals surface area contributed by atoms with Crippen LogP contribution in [0.25, 0.3) is 0 Å². The molecule has 5 heteroatoms. The van der Waals surface area contributed by atoms with Gasteiger partial charge >= 0.3 is 6.03 Å². The van der Waals surface area contributed by atoms with E-state index in [9.17, 15) is 9.59 Å². The molecule has 0 radical (unpaired) electrons. The Labute approximate surface area is 162 Å². The Hall–Kier alpha value is -1.88. The fourth-order valence-corrected chi connectivity index (χ4v) is 4.47. The van der Waals surface area contributed by atoms with Crippen LogP contribution in [0.4, 0.5) is 4.79 Å². The van der Waals surface area contributed by atoms with Crippen molar-refractivity contribution in [1.82, 2.24) is 10.2 Å². The van der Waals surface area contributed by atoms with Crippen LogP contribution in [0.5, 0.6) is 0 Å². The third-order valence-electron chi connectivity index (χ3n) is 6.12. The van der Waals surface area contributed by atoms with Gasteiger partial charge in [0.2, 0.25) is 0 Å². The molecule has 1 aromatic rings. The van der Waals surface area contributed by atoms with E-state index in [1.807, 2.05) is 6.92 Å². The number of carbonyl (C=O) groups is 2. The normalized spacial score (nSPS) is 20.6. The predicted octanol–water partition coefficient (Wildman–Crippen LogP) is 2.94. The van der Waals surface area contributed by atoms with Gasteiger partial charge in [0, 0.05) is 24.6 Å². The van der Waals surface area contributed by atoms with Gasteiger partial charge in [-0.15, -0.1) is 0 Å². The lowest BCUT2D eigenvalue weighted by Crippen LogP contribution is -2.93. The Morgan fingerprint density at radius 1 is 1.11 bits per heavy atom. The fraction of sp³-hybridized carbons (Fsp3) is 0.636. The van der Waals surface area contributed by atoms with Crippen LogP contribution < -0.4 is 10.6 Å². The largest absolute Gasteiger partial charge is 0.336 e. The smallest absolute Gasteiger partial charge is 0.324 e. The molecule has 1 aromatic carbocycles. The van der Waals surface area contributed by atoms with E-state index < -0.39 is 0 Å². The standard InChI is InChI=1S/C22H33N3O2/c1-15(2)20(24-16(3)21(26)25-14-13-23-22(25)27)19-11-9-18(10-12-19)17-7-5-4-6-8-17/h9-12,15-17,20,24H,4-8,13-14H2,1-3H3,(H,23,27)/p+1/t16-,20-/m1/s1. The monoisotopic (exact) mass is 372 g/mol. The molecule has 2 fully saturated rings. The SMILES string of the molecule is CC(C)[C@@H]([NH2+][C@H](C)C(=O)N1CCNC1=O)c1ccc(C2CCCCC2)cc1. The van der Waals surface area contributed by atoms with Crippen LogP contribution in [0.15, 0.2) is 24.3 Å². The van der Waals surface area contributed by atoms with E-state index >= 15 is 0 Å². The molecular weight excluding hydrogens is 338 g/mol. The Morgan fingerprint density at radius 3 is 2.33 bits per heavy atom. The minimum atomic E-state index is -0.278. The summed E-state index contributed by atoms with van der Waals surface area (Å²) in [6, 6.07) is 8.71. The molecule has 3 N–H and O–H groups in total. The summed E-state index contributed by atoms with van der Waals surface area (Å²) in [5.41, 5.74) is 2.72. The van der Waals surface area contributed by atoms with Crippen LogP contribution >= 0.6 is 0 Å². The van der Waals surface area contributed by atoms with Gasteiger partial charge in [0.25, 0.3) is 5.91 Å². The summed E-state index contributed by atoms with van der Waals surface area (Å²) in [5, 5.41) is 4.82. The average molecular weight is 373 g/mol. The third kappa shape index (κ3) is 4.70. The van der Waals surface area contributed by atoms with Crippen molar-refractivity contribution in [2.45, 2.75) is 70.9 Å². The summed E-state index contributed by atoms with van der Waals surface area (Å²) in [7, 11) is 0. The first kappa shape index (κ1) is 19.9. The first-order valence-electron chi connectivity index (χ1n) is 10.5. The Kier molecular flexibility index (Phi) is 6.53. The zero-order chi connectivity index (χ0) is 19.4. The molecular formula is C22H34N3O2+. The van der Waals surface area contributed by atoms with Gasteiger partial charge in [-0.3, -0.25) is 9.69 Å². The van der Waals surface area contributed by atoms with Gasteiger partial charge in [-0.1, -0.05) is 57.4 Å².